The number of amides is 1. The van der Waals surface area contributed by atoms with Crippen molar-refractivity contribution < 1.29 is 27.2 Å². The van der Waals surface area contributed by atoms with Crippen LogP contribution in [0.1, 0.15) is 41.4 Å². The monoisotopic (exact) mass is 483 g/mol. The number of sulfonamides is 1. The van der Waals surface area contributed by atoms with Crippen LogP contribution in [0.25, 0.3) is 11.0 Å². The van der Waals surface area contributed by atoms with Crippen LogP contribution in [-0.4, -0.2) is 39.2 Å². The van der Waals surface area contributed by atoms with Gasteiger partial charge in [-0.2, -0.15) is 5.26 Å². The van der Waals surface area contributed by atoms with Crippen LogP contribution in [0.4, 0.5) is 5.69 Å². The summed E-state index contributed by atoms with van der Waals surface area (Å²) in [5.74, 6) is -1.11. The number of furan rings is 1. The van der Waals surface area contributed by atoms with E-state index in [-0.39, 0.29) is 17.9 Å². The highest BCUT2D eigenvalue weighted by atomic mass is 32.2. The Labute approximate surface area is 197 Å². The van der Waals surface area contributed by atoms with Gasteiger partial charge in [-0.05, 0) is 54.8 Å². The van der Waals surface area contributed by atoms with E-state index in [9.17, 15) is 18.0 Å². The van der Waals surface area contributed by atoms with Crippen LogP contribution >= 0.6 is 0 Å². The van der Waals surface area contributed by atoms with Gasteiger partial charge < -0.3 is 14.5 Å². The first-order chi connectivity index (χ1) is 16.2. The molecule has 3 rings (SSSR count). The minimum atomic E-state index is -3.62. The molecule has 0 aliphatic rings. The average molecular weight is 484 g/mol. The minimum Gasteiger partial charge on any atom is -0.468 e. The van der Waals surface area contributed by atoms with E-state index in [1.54, 1.807) is 48.5 Å². The maximum Gasteiger partial charge on any atom is 0.324 e. The predicted molar refractivity (Wildman–Crippen MR) is 127 cm³/mol. The lowest BCUT2D eigenvalue weighted by Crippen LogP contribution is -2.43. The number of hydrogen-bond acceptors (Lipinski definition) is 7. The van der Waals surface area contributed by atoms with Crippen molar-refractivity contribution in [2.24, 2.45) is 0 Å². The molecule has 1 unspecified atom stereocenters. The van der Waals surface area contributed by atoms with Crippen molar-refractivity contribution in [2.45, 2.75) is 32.2 Å². The number of nitrogens with zero attached hydrogens (tertiary/aromatic N) is 1. The van der Waals surface area contributed by atoms with Crippen molar-refractivity contribution in [2.75, 3.05) is 18.2 Å². The highest BCUT2D eigenvalue weighted by Gasteiger charge is 2.25. The molecule has 34 heavy (non-hydrogen) atoms. The molecule has 2 N–H and O–H groups in total. The van der Waals surface area contributed by atoms with Crippen LogP contribution < -0.4 is 10.0 Å². The molecule has 2 aromatic carbocycles. The number of nitriles is 1. The van der Waals surface area contributed by atoms with Crippen LogP contribution in [0.5, 0.6) is 0 Å². The highest BCUT2D eigenvalue weighted by Crippen LogP contribution is 2.22. The minimum absolute atomic E-state index is 0.0679. The van der Waals surface area contributed by atoms with Gasteiger partial charge in [-0.1, -0.05) is 25.5 Å². The molecule has 0 spiro atoms. The van der Waals surface area contributed by atoms with Crippen molar-refractivity contribution in [1.29, 1.82) is 5.26 Å². The van der Waals surface area contributed by atoms with Gasteiger partial charge in [-0.15, -0.1) is 0 Å². The summed E-state index contributed by atoms with van der Waals surface area (Å²) in [5, 5.41) is 12.4. The SMILES string of the molecule is CCCCS(=O)(=O)NC(Cc1ccc(NC(=O)c2cc3cc(C#N)ccc3o2)cc1)C(=O)OC. The molecule has 9 nitrogen and oxygen atoms in total. The van der Waals surface area contributed by atoms with Gasteiger partial charge in [-0.25, -0.2) is 13.1 Å². The Kier molecular flexibility index (Phi) is 8.04. The molecule has 1 atom stereocenters. The van der Waals surface area contributed by atoms with Gasteiger partial charge in [0.2, 0.25) is 10.0 Å². The maximum atomic E-state index is 12.6. The first-order valence-corrected chi connectivity index (χ1v) is 12.3. The van der Waals surface area contributed by atoms with E-state index in [1.807, 2.05) is 13.0 Å². The fourth-order valence-corrected chi connectivity index (χ4v) is 4.70. The standard InChI is InChI=1S/C24H25N3O6S/c1-3-4-11-34(30,31)27-20(24(29)32-2)13-16-5-8-19(9-6-16)26-23(28)22-14-18-12-17(15-25)7-10-21(18)33-22/h5-10,12,14,20,27H,3-4,11,13H2,1-2H3,(H,26,28). The van der Waals surface area contributed by atoms with E-state index in [0.717, 1.165) is 0 Å². The summed E-state index contributed by atoms with van der Waals surface area (Å²) >= 11 is 0. The van der Waals surface area contributed by atoms with Gasteiger partial charge in [0.05, 0.1) is 24.5 Å². The Hall–Kier alpha value is -3.68. The second-order valence-corrected chi connectivity index (χ2v) is 9.57. The average Bonchev–Trinajstić information content (AvgIpc) is 3.26. The molecule has 0 saturated carbocycles. The highest BCUT2D eigenvalue weighted by molar-refractivity contribution is 7.89. The molecule has 0 saturated heterocycles. The molecular formula is C24H25N3O6S. The van der Waals surface area contributed by atoms with Gasteiger partial charge in [-0.3, -0.25) is 9.59 Å². The number of rotatable bonds is 10. The third-order valence-corrected chi connectivity index (χ3v) is 6.56. The fraction of sp³-hybridized carbons (Fsp3) is 0.292. The summed E-state index contributed by atoms with van der Waals surface area (Å²) < 4.78 is 37.2. The fourth-order valence-electron chi connectivity index (χ4n) is 3.30. The largest absolute Gasteiger partial charge is 0.468 e. The first kappa shape index (κ1) is 25.0. The molecule has 0 fully saturated rings. The number of esters is 1. The number of nitrogens with one attached hydrogen (secondary N) is 2. The molecule has 0 aliphatic heterocycles. The molecule has 1 aromatic heterocycles. The van der Waals surface area contributed by atoms with Crippen molar-refractivity contribution >= 4 is 38.6 Å². The number of carbonyl (C=O) groups excluding carboxylic acids is 2. The number of ether oxygens (including phenoxy) is 1. The quantitative estimate of drug-likeness (QED) is 0.422. The Balaban J connectivity index is 1.68. The normalized spacial score (nSPS) is 12.1. The Morgan fingerprint density at radius 2 is 1.88 bits per heavy atom. The second kappa shape index (κ2) is 11.0. The van der Waals surface area contributed by atoms with E-state index < -0.39 is 27.9 Å². The van der Waals surface area contributed by atoms with Crippen LogP contribution in [-0.2, 0) is 26.0 Å². The van der Waals surface area contributed by atoms with Crippen molar-refractivity contribution in [3.05, 3.63) is 65.4 Å². The lowest BCUT2D eigenvalue weighted by Gasteiger charge is -2.17. The number of hydrogen-bond donors (Lipinski definition) is 2. The van der Waals surface area contributed by atoms with E-state index >= 15 is 0 Å². The summed E-state index contributed by atoms with van der Waals surface area (Å²) in [6.07, 6.45) is 1.30. The summed E-state index contributed by atoms with van der Waals surface area (Å²) in [7, 11) is -2.42. The third-order valence-electron chi connectivity index (χ3n) is 5.09. The number of anilines is 1. The third kappa shape index (κ3) is 6.43. The summed E-state index contributed by atoms with van der Waals surface area (Å²) in [4.78, 5) is 24.7. The van der Waals surface area contributed by atoms with Crippen LogP contribution in [0.15, 0.2) is 52.9 Å². The van der Waals surface area contributed by atoms with Crippen molar-refractivity contribution in [3.63, 3.8) is 0 Å². The zero-order valence-corrected chi connectivity index (χ0v) is 19.6. The second-order valence-electron chi connectivity index (χ2n) is 7.70. The summed E-state index contributed by atoms with van der Waals surface area (Å²) in [6.45, 7) is 1.88. The Morgan fingerprint density at radius 3 is 2.53 bits per heavy atom. The van der Waals surface area contributed by atoms with E-state index in [2.05, 4.69) is 10.0 Å². The Morgan fingerprint density at radius 1 is 1.15 bits per heavy atom. The van der Waals surface area contributed by atoms with Gasteiger partial charge in [0.1, 0.15) is 11.6 Å². The molecule has 0 aliphatic carbocycles. The number of benzene rings is 2. The maximum absolute atomic E-state index is 12.6. The molecular weight excluding hydrogens is 458 g/mol. The van der Waals surface area contributed by atoms with E-state index in [1.165, 1.54) is 7.11 Å². The topological polar surface area (TPSA) is 138 Å². The summed E-state index contributed by atoms with van der Waals surface area (Å²) in [6, 6.07) is 14.1. The van der Waals surface area contributed by atoms with Gasteiger partial charge in [0, 0.05) is 11.1 Å². The number of methoxy groups -OCH3 is 1. The van der Waals surface area contributed by atoms with E-state index in [0.29, 0.717) is 40.6 Å². The zero-order valence-electron chi connectivity index (χ0n) is 18.8. The lowest BCUT2D eigenvalue weighted by atomic mass is 10.1. The van der Waals surface area contributed by atoms with Gasteiger partial charge >= 0.3 is 5.97 Å². The summed E-state index contributed by atoms with van der Waals surface area (Å²) in [5.41, 5.74) is 2.13. The van der Waals surface area contributed by atoms with Gasteiger partial charge in [0.25, 0.3) is 5.91 Å². The molecule has 0 bridgehead atoms. The molecule has 178 valence electrons. The molecule has 10 heteroatoms. The molecule has 3 aromatic rings. The van der Waals surface area contributed by atoms with Crippen LogP contribution in [0.2, 0.25) is 0 Å². The number of carbonyl (C=O) groups is 2. The van der Waals surface area contributed by atoms with Crippen LogP contribution in [0.3, 0.4) is 0 Å². The lowest BCUT2D eigenvalue weighted by molar-refractivity contribution is -0.142. The van der Waals surface area contributed by atoms with Gasteiger partial charge in [0.15, 0.2) is 5.76 Å². The zero-order chi connectivity index (χ0) is 24.7. The van der Waals surface area contributed by atoms with Crippen LogP contribution in [0, 0.1) is 11.3 Å². The molecule has 0 radical (unpaired) electrons. The predicted octanol–water partition coefficient (Wildman–Crippen LogP) is 3.36. The Bertz CT molecular complexity index is 1320. The molecule has 1 heterocycles. The first-order valence-electron chi connectivity index (χ1n) is 10.7. The smallest absolute Gasteiger partial charge is 0.324 e. The van der Waals surface area contributed by atoms with Crippen molar-refractivity contribution in [1.82, 2.24) is 4.72 Å². The molecule has 1 amide bonds. The number of unbranched alkanes of at least 4 members (excludes halogenated alkanes) is 1. The number of fused-ring (bicyclic) bond motifs is 1. The van der Waals surface area contributed by atoms with E-state index in [4.69, 9.17) is 14.4 Å². The van der Waals surface area contributed by atoms with Crippen molar-refractivity contribution in [3.8, 4) is 6.07 Å².